The van der Waals surface area contributed by atoms with Crippen molar-refractivity contribution in [3.05, 3.63) is 36.5 Å². The maximum absolute atomic E-state index is 13.0. The number of ether oxygens (including phenoxy) is 3. The Labute approximate surface area is 587 Å². The van der Waals surface area contributed by atoms with E-state index in [1.807, 2.05) is 6.08 Å². The van der Waals surface area contributed by atoms with Gasteiger partial charge in [0, 0.05) is 12.8 Å². The van der Waals surface area contributed by atoms with Gasteiger partial charge in [-0.05, 0) is 51.4 Å². The van der Waals surface area contributed by atoms with Gasteiger partial charge < -0.3 is 45.1 Å². The van der Waals surface area contributed by atoms with E-state index >= 15 is 0 Å². The molecule has 0 saturated carbocycles. The van der Waals surface area contributed by atoms with E-state index < -0.39 is 49.5 Å². The summed E-state index contributed by atoms with van der Waals surface area (Å²) in [4.78, 5) is 25.2. The monoisotopic (exact) mass is 1340 g/mol. The maximum Gasteiger partial charge on any atom is 0.305 e. The summed E-state index contributed by atoms with van der Waals surface area (Å²) in [6, 6.07) is -0.829. The molecule has 0 aromatic rings. The summed E-state index contributed by atoms with van der Waals surface area (Å²) < 4.78 is 16.8. The van der Waals surface area contributed by atoms with E-state index in [9.17, 15) is 35.1 Å². The van der Waals surface area contributed by atoms with E-state index in [0.717, 1.165) is 64.2 Å². The molecule has 0 aromatic heterocycles. The third-order valence-corrected chi connectivity index (χ3v) is 20.0. The third-order valence-electron chi connectivity index (χ3n) is 20.0. The molecule has 6 N–H and O–H groups in total. The van der Waals surface area contributed by atoms with Crippen molar-refractivity contribution < 1.29 is 49.3 Å². The van der Waals surface area contributed by atoms with Crippen molar-refractivity contribution in [2.24, 2.45) is 0 Å². The molecule has 11 nitrogen and oxygen atoms in total. The van der Waals surface area contributed by atoms with Crippen LogP contribution in [0.2, 0.25) is 0 Å². The van der Waals surface area contributed by atoms with E-state index in [4.69, 9.17) is 14.2 Å². The van der Waals surface area contributed by atoms with Gasteiger partial charge >= 0.3 is 5.97 Å². The normalized spacial score (nSPS) is 17.5. The zero-order chi connectivity index (χ0) is 68.6. The number of aliphatic hydroxyl groups excluding tert-OH is 5. The van der Waals surface area contributed by atoms with Gasteiger partial charge in [-0.1, -0.05) is 397 Å². The Balaban J connectivity index is 1.82. The highest BCUT2D eigenvalue weighted by Crippen LogP contribution is 2.24. The van der Waals surface area contributed by atoms with Gasteiger partial charge in [0.15, 0.2) is 6.29 Å². The van der Waals surface area contributed by atoms with Crippen LogP contribution < -0.4 is 5.32 Å². The van der Waals surface area contributed by atoms with Crippen LogP contribution in [0.25, 0.3) is 0 Å². The Morgan fingerprint density at radius 2 is 0.695 bits per heavy atom. The van der Waals surface area contributed by atoms with Crippen LogP contribution in [0.1, 0.15) is 425 Å². The molecule has 1 saturated heterocycles. The lowest BCUT2D eigenvalue weighted by atomic mass is 9.99. The Hall–Kier alpha value is -2.12. The van der Waals surface area contributed by atoms with Crippen molar-refractivity contribution in [3.63, 3.8) is 0 Å². The summed E-state index contributed by atoms with van der Waals surface area (Å²) in [7, 11) is 0. The molecule has 1 heterocycles. The first kappa shape index (κ1) is 90.9. The number of carbonyl (C=O) groups excluding carboxylic acids is 2. The van der Waals surface area contributed by atoms with Crippen molar-refractivity contribution in [2.75, 3.05) is 19.8 Å². The van der Waals surface area contributed by atoms with E-state index in [0.29, 0.717) is 19.4 Å². The highest BCUT2D eigenvalue weighted by atomic mass is 16.7. The molecule has 560 valence electrons. The predicted molar refractivity (Wildman–Crippen MR) is 403 cm³/mol. The summed E-state index contributed by atoms with van der Waals surface area (Å²) in [5, 5.41) is 54.4. The summed E-state index contributed by atoms with van der Waals surface area (Å²) >= 11 is 0. The summed E-state index contributed by atoms with van der Waals surface area (Å²) in [5.74, 6) is -0.167. The average Bonchev–Trinajstić information content (AvgIpc) is 0.872. The second kappa shape index (κ2) is 73.1. The first-order chi connectivity index (χ1) is 46.7. The van der Waals surface area contributed by atoms with E-state index in [1.165, 1.54) is 334 Å². The van der Waals surface area contributed by atoms with Crippen LogP contribution in [0.3, 0.4) is 0 Å². The molecule has 1 amide bonds. The Kier molecular flexibility index (Phi) is 69.9. The lowest BCUT2D eigenvalue weighted by Gasteiger charge is -2.40. The number of nitrogens with one attached hydrogen (secondary N) is 1. The van der Waals surface area contributed by atoms with Crippen LogP contribution in [-0.2, 0) is 23.8 Å². The van der Waals surface area contributed by atoms with Gasteiger partial charge in [0.2, 0.25) is 5.91 Å². The lowest BCUT2D eigenvalue weighted by molar-refractivity contribution is -0.302. The zero-order valence-electron chi connectivity index (χ0n) is 62.7. The Bertz CT molecular complexity index is 1670. The largest absolute Gasteiger partial charge is 0.466 e. The van der Waals surface area contributed by atoms with Crippen LogP contribution in [-0.4, -0.2) is 100 Å². The van der Waals surface area contributed by atoms with Crippen LogP contribution in [0.5, 0.6) is 0 Å². The smallest absolute Gasteiger partial charge is 0.305 e. The number of unbranched alkanes of at least 4 members (excludes halogenated alkanes) is 57. The predicted octanol–water partition coefficient (Wildman–Crippen LogP) is 22.9. The molecule has 0 radical (unpaired) electrons. The topological polar surface area (TPSA) is 175 Å². The number of carbonyl (C=O) groups is 2. The Morgan fingerprint density at radius 3 is 1.03 bits per heavy atom. The number of esters is 1. The summed E-state index contributed by atoms with van der Waals surface area (Å²) in [5.41, 5.74) is 0. The third kappa shape index (κ3) is 61.5. The minimum absolute atomic E-state index is 0.0233. The molecule has 0 aromatic carbocycles. The first-order valence-electron chi connectivity index (χ1n) is 41.8. The maximum atomic E-state index is 13.0. The van der Waals surface area contributed by atoms with Crippen LogP contribution in [0, 0.1) is 0 Å². The van der Waals surface area contributed by atoms with Gasteiger partial charge in [0.1, 0.15) is 24.4 Å². The molecule has 95 heavy (non-hydrogen) atoms. The van der Waals surface area contributed by atoms with Crippen LogP contribution >= 0.6 is 0 Å². The molecule has 1 aliphatic rings. The minimum atomic E-state index is -1.58. The van der Waals surface area contributed by atoms with Crippen LogP contribution in [0.15, 0.2) is 36.5 Å². The summed E-state index contributed by atoms with van der Waals surface area (Å²) in [6.07, 6.45) is 86.6. The quantitative estimate of drug-likeness (QED) is 0.0195. The second-order valence-corrected chi connectivity index (χ2v) is 29.1. The minimum Gasteiger partial charge on any atom is -0.466 e. The number of allylic oxidation sites excluding steroid dienone is 5. The number of rotatable bonds is 75. The molecular formula is C84H159NO10. The van der Waals surface area contributed by atoms with E-state index in [2.05, 4.69) is 43.5 Å². The van der Waals surface area contributed by atoms with Crippen molar-refractivity contribution in [1.29, 1.82) is 0 Å². The molecule has 0 aliphatic carbocycles. The highest BCUT2D eigenvalue weighted by molar-refractivity contribution is 5.76. The van der Waals surface area contributed by atoms with Crippen molar-refractivity contribution in [1.82, 2.24) is 5.32 Å². The summed E-state index contributed by atoms with van der Waals surface area (Å²) in [6.45, 7) is 4.26. The highest BCUT2D eigenvalue weighted by Gasteiger charge is 2.44. The molecule has 7 unspecified atom stereocenters. The van der Waals surface area contributed by atoms with Gasteiger partial charge in [-0.25, -0.2) is 0 Å². The molecule has 0 bridgehead atoms. The fraction of sp³-hybridized carbons (Fsp3) is 0.905. The molecule has 7 atom stereocenters. The van der Waals surface area contributed by atoms with Gasteiger partial charge in [-0.15, -0.1) is 0 Å². The number of hydrogen-bond acceptors (Lipinski definition) is 10. The molecular weight excluding hydrogens is 1180 g/mol. The average molecular weight is 1340 g/mol. The van der Waals surface area contributed by atoms with Crippen molar-refractivity contribution >= 4 is 11.9 Å². The van der Waals surface area contributed by atoms with Gasteiger partial charge in [-0.2, -0.15) is 0 Å². The van der Waals surface area contributed by atoms with Crippen molar-refractivity contribution in [2.45, 2.75) is 468 Å². The van der Waals surface area contributed by atoms with Crippen LogP contribution in [0.4, 0.5) is 0 Å². The lowest BCUT2D eigenvalue weighted by Crippen LogP contribution is -2.60. The number of aliphatic hydroxyl groups is 5. The second-order valence-electron chi connectivity index (χ2n) is 29.1. The fourth-order valence-electron chi connectivity index (χ4n) is 13.5. The zero-order valence-corrected chi connectivity index (χ0v) is 62.7. The number of amides is 1. The molecule has 0 spiro atoms. The van der Waals surface area contributed by atoms with Crippen molar-refractivity contribution in [3.8, 4) is 0 Å². The standard InChI is InChI=1S/C84H159NO10/c1-3-5-7-9-11-13-15-16-17-18-43-46-49-52-56-60-64-68-72-80(89)93-73-69-65-61-57-53-50-47-44-41-39-37-35-33-31-29-27-25-23-21-19-20-22-24-26-28-30-32-34-36-38-40-42-45-48-51-55-59-63-67-71-79(88)85-76(75-94-84-83(92)82(91)81(90)78(74-86)95-84)77(87)70-66-62-58-54-14-12-10-8-6-4-2/h6,8,14,54,66,70,76-78,81-84,86-87,90-92H,3-5,7,9-13,15-53,55-65,67-69,71-75H2,1-2H3,(H,85,88)/b8-6+,54-14+,70-66+. The van der Waals surface area contributed by atoms with Gasteiger partial charge in [0.05, 0.1) is 32.0 Å². The molecule has 1 fully saturated rings. The first-order valence-corrected chi connectivity index (χ1v) is 41.8. The molecule has 11 heteroatoms. The Morgan fingerprint density at radius 1 is 0.389 bits per heavy atom. The molecule has 1 rings (SSSR count). The van der Waals surface area contributed by atoms with Gasteiger partial charge in [-0.3, -0.25) is 9.59 Å². The fourth-order valence-corrected chi connectivity index (χ4v) is 13.5. The van der Waals surface area contributed by atoms with E-state index in [-0.39, 0.29) is 18.5 Å². The van der Waals surface area contributed by atoms with E-state index in [1.54, 1.807) is 6.08 Å². The molecule has 1 aliphatic heterocycles. The van der Waals surface area contributed by atoms with Gasteiger partial charge in [0.25, 0.3) is 0 Å². The number of hydrogen-bond donors (Lipinski definition) is 6. The SMILES string of the molecule is CC/C=C/CC/C=C/CC/C=C/C(O)C(COC1OC(CO)C(O)C(O)C1O)NC(=O)CCCCCCCCCCCCCCCCCCCCCCCCCCCCCCCCCCCCCCCCCOC(=O)CCCCCCCCCCCCCCCCCCCC.